The molecule has 2 aromatic carbocycles. The first kappa shape index (κ1) is 13.2. The molecule has 0 saturated carbocycles. The highest BCUT2D eigenvalue weighted by molar-refractivity contribution is 7.80. The molecule has 0 aliphatic carbocycles. The van der Waals surface area contributed by atoms with Gasteiger partial charge in [0.05, 0.1) is 7.11 Å². The van der Waals surface area contributed by atoms with Crippen molar-refractivity contribution in [2.24, 2.45) is 0 Å². The van der Waals surface area contributed by atoms with Crippen LogP contribution < -0.4 is 15.4 Å². The van der Waals surface area contributed by atoms with Gasteiger partial charge in [-0.15, -0.1) is 0 Å². The standard InChI is InChI=1S/C14H14N2O2S/c1-18-13-4-2-3-11(9-13)16-14(19)15-10-5-7-12(17)8-6-10/h2-9,17H,1H3,(H2,15,16,19). The number of phenolic OH excluding ortho intramolecular Hbond substituents is 1. The van der Waals surface area contributed by atoms with Crippen LogP contribution in [0.3, 0.4) is 0 Å². The number of rotatable bonds is 3. The molecule has 0 unspecified atom stereocenters. The quantitative estimate of drug-likeness (QED) is 0.593. The average molecular weight is 274 g/mol. The summed E-state index contributed by atoms with van der Waals surface area (Å²) in [7, 11) is 1.62. The first-order valence-corrected chi connectivity index (χ1v) is 6.09. The van der Waals surface area contributed by atoms with E-state index in [0.29, 0.717) is 5.11 Å². The Labute approximate surface area is 117 Å². The highest BCUT2D eigenvalue weighted by Gasteiger charge is 2.00. The smallest absolute Gasteiger partial charge is 0.175 e. The summed E-state index contributed by atoms with van der Waals surface area (Å²) in [5.74, 6) is 0.981. The van der Waals surface area contributed by atoms with Crippen LogP contribution in [0.15, 0.2) is 48.5 Å². The Kier molecular flexibility index (Phi) is 4.20. The fourth-order valence-electron chi connectivity index (χ4n) is 1.54. The largest absolute Gasteiger partial charge is 0.508 e. The molecule has 4 nitrogen and oxygen atoms in total. The summed E-state index contributed by atoms with van der Waals surface area (Å²) in [6.45, 7) is 0. The Morgan fingerprint density at radius 2 is 1.74 bits per heavy atom. The van der Waals surface area contributed by atoms with Crippen molar-refractivity contribution in [1.82, 2.24) is 0 Å². The molecule has 3 N–H and O–H groups in total. The number of methoxy groups -OCH3 is 1. The molecule has 5 heteroatoms. The molecule has 19 heavy (non-hydrogen) atoms. The maximum atomic E-state index is 9.19. The van der Waals surface area contributed by atoms with E-state index in [0.717, 1.165) is 17.1 Å². The van der Waals surface area contributed by atoms with E-state index in [1.807, 2.05) is 24.3 Å². The zero-order valence-electron chi connectivity index (χ0n) is 10.4. The molecule has 0 atom stereocenters. The van der Waals surface area contributed by atoms with E-state index in [9.17, 15) is 5.11 Å². The second-order valence-corrected chi connectivity index (χ2v) is 4.27. The van der Waals surface area contributed by atoms with Gasteiger partial charge in [-0.2, -0.15) is 0 Å². The maximum absolute atomic E-state index is 9.19. The van der Waals surface area contributed by atoms with Gasteiger partial charge in [-0.25, -0.2) is 0 Å². The van der Waals surface area contributed by atoms with Crippen LogP contribution in [-0.2, 0) is 0 Å². The van der Waals surface area contributed by atoms with E-state index in [-0.39, 0.29) is 5.75 Å². The number of thiocarbonyl (C=S) groups is 1. The summed E-state index contributed by atoms with van der Waals surface area (Å²) < 4.78 is 5.14. The van der Waals surface area contributed by atoms with Gasteiger partial charge in [0.25, 0.3) is 0 Å². The minimum absolute atomic E-state index is 0.220. The second-order valence-electron chi connectivity index (χ2n) is 3.86. The van der Waals surface area contributed by atoms with E-state index in [2.05, 4.69) is 10.6 Å². The molecule has 0 saturated heterocycles. The molecule has 0 aliphatic heterocycles. The number of anilines is 2. The summed E-state index contributed by atoms with van der Waals surface area (Å²) in [6, 6.07) is 14.2. The third kappa shape index (κ3) is 3.86. The Hall–Kier alpha value is -2.27. The highest BCUT2D eigenvalue weighted by Crippen LogP contribution is 2.18. The number of aromatic hydroxyl groups is 1. The average Bonchev–Trinajstić information content (AvgIpc) is 2.41. The molecule has 0 amide bonds. The lowest BCUT2D eigenvalue weighted by Gasteiger charge is -2.11. The van der Waals surface area contributed by atoms with Crippen molar-refractivity contribution in [2.75, 3.05) is 17.7 Å². The van der Waals surface area contributed by atoms with Gasteiger partial charge in [-0.3, -0.25) is 0 Å². The summed E-state index contributed by atoms with van der Waals surface area (Å²) in [5.41, 5.74) is 1.65. The molecule has 0 heterocycles. The molecule has 0 fully saturated rings. The van der Waals surface area contributed by atoms with Crippen LogP contribution in [0.25, 0.3) is 0 Å². The molecule has 2 rings (SSSR count). The van der Waals surface area contributed by atoms with Crippen molar-refractivity contribution in [2.45, 2.75) is 0 Å². The zero-order valence-corrected chi connectivity index (χ0v) is 11.2. The number of hydrogen-bond acceptors (Lipinski definition) is 3. The van der Waals surface area contributed by atoms with Crippen molar-refractivity contribution in [3.05, 3.63) is 48.5 Å². The summed E-state index contributed by atoms with van der Waals surface area (Å²) in [4.78, 5) is 0. The highest BCUT2D eigenvalue weighted by atomic mass is 32.1. The van der Waals surface area contributed by atoms with E-state index in [4.69, 9.17) is 17.0 Å². The van der Waals surface area contributed by atoms with Gasteiger partial charge in [-0.05, 0) is 48.6 Å². The lowest BCUT2D eigenvalue weighted by molar-refractivity contribution is 0.415. The van der Waals surface area contributed by atoms with Crippen LogP contribution in [0.1, 0.15) is 0 Å². The summed E-state index contributed by atoms with van der Waals surface area (Å²) in [5, 5.41) is 15.7. The van der Waals surface area contributed by atoms with E-state index < -0.39 is 0 Å². The minimum atomic E-state index is 0.220. The van der Waals surface area contributed by atoms with Crippen LogP contribution in [0.4, 0.5) is 11.4 Å². The maximum Gasteiger partial charge on any atom is 0.175 e. The molecule has 0 bridgehead atoms. The zero-order chi connectivity index (χ0) is 13.7. The van der Waals surface area contributed by atoms with Crippen molar-refractivity contribution in [1.29, 1.82) is 0 Å². The third-order valence-corrected chi connectivity index (χ3v) is 2.66. The van der Waals surface area contributed by atoms with Gasteiger partial charge in [0.15, 0.2) is 5.11 Å². The van der Waals surface area contributed by atoms with Gasteiger partial charge in [0.1, 0.15) is 11.5 Å². The van der Waals surface area contributed by atoms with Crippen molar-refractivity contribution >= 4 is 28.7 Å². The predicted molar refractivity (Wildman–Crippen MR) is 80.9 cm³/mol. The molecule has 0 radical (unpaired) electrons. The van der Waals surface area contributed by atoms with Gasteiger partial charge in [-0.1, -0.05) is 6.07 Å². The topological polar surface area (TPSA) is 53.5 Å². The number of nitrogens with one attached hydrogen (secondary N) is 2. The van der Waals surface area contributed by atoms with Gasteiger partial charge in [0.2, 0.25) is 0 Å². The summed E-state index contributed by atoms with van der Waals surface area (Å²) in [6.07, 6.45) is 0. The van der Waals surface area contributed by atoms with Gasteiger partial charge < -0.3 is 20.5 Å². The van der Waals surface area contributed by atoms with E-state index >= 15 is 0 Å². The van der Waals surface area contributed by atoms with Crippen molar-refractivity contribution in [3.8, 4) is 11.5 Å². The Morgan fingerprint density at radius 3 is 2.42 bits per heavy atom. The molecular weight excluding hydrogens is 260 g/mol. The van der Waals surface area contributed by atoms with Crippen LogP contribution in [0.5, 0.6) is 11.5 Å². The Balaban J connectivity index is 1.99. The molecule has 2 aromatic rings. The van der Waals surface area contributed by atoms with Crippen LogP contribution >= 0.6 is 12.2 Å². The van der Waals surface area contributed by atoms with Crippen LogP contribution in [0, 0.1) is 0 Å². The number of ether oxygens (including phenoxy) is 1. The molecule has 0 aliphatic rings. The molecule has 0 aromatic heterocycles. The fourth-order valence-corrected chi connectivity index (χ4v) is 1.77. The Morgan fingerprint density at radius 1 is 1.05 bits per heavy atom. The normalized spacial score (nSPS) is 9.74. The first-order valence-electron chi connectivity index (χ1n) is 5.68. The summed E-state index contributed by atoms with van der Waals surface area (Å²) >= 11 is 5.20. The number of phenols is 1. The van der Waals surface area contributed by atoms with E-state index in [1.165, 1.54) is 0 Å². The predicted octanol–water partition coefficient (Wildman–Crippen LogP) is 3.21. The third-order valence-electron chi connectivity index (χ3n) is 2.45. The van der Waals surface area contributed by atoms with Gasteiger partial charge >= 0.3 is 0 Å². The monoisotopic (exact) mass is 274 g/mol. The van der Waals surface area contributed by atoms with E-state index in [1.54, 1.807) is 31.4 Å². The van der Waals surface area contributed by atoms with Crippen LogP contribution in [0.2, 0.25) is 0 Å². The van der Waals surface area contributed by atoms with Crippen LogP contribution in [-0.4, -0.2) is 17.3 Å². The SMILES string of the molecule is COc1cccc(NC(=S)Nc2ccc(O)cc2)c1. The Bertz CT molecular complexity index is 570. The fraction of sp³-hybridized carbons (Fsp3) is 0.0714. The lowest BCUT2D eigenvalue weighted by atomic mass is 10.3. The van der Waals surface area contributed by atoms with Crippen molar-refractivity contribution in [3.63, 3.8) is 0 Å². The molecular formula is C14H14N2O2S. The minimum Gasteiger partial charge on any atom is -0.508 e. The molecule has 0 spiro atoms. The van der Waals surface area contributed by atoms with Crippen molar-refractivity contribution < 1.29 is 9.84 Å². The molecule has 98 valence electrons. The van der Waals surface area contributed by atoms with Gasteiger partial charge in [0, 0.05) is 17.4 Å². The number of hydrogen-bond donors (Lipinski definition) is 3. The first-order chi connectivity index (χ1) is 9.17. The number of benzene rings is 2. The second kappa shape index (κ2) is 6.06. The lowest BCUT2D eigenvalue weighted by Crippen LogP contribution is -2.18.